The number of amides is 2. The maximum Gasteiger partial charge on any atom is 0.251 e. The maximum atomic E-state index is 15.0. The van der Waals surface area contributed by atoms with Crippen molar-refractivity contribution in [1.82, 2.24) is 10.3 Å². The van der Waals surface area contributed by atoms with E-state index in [1.165, 1.54) is 30.5 Å². The highest BCUT2D eigenvalue weighted by molar-refractivity contribution is 6.42. The third-order valence-corrected chi connectivity index (χ3v) is 9.18. The summed E-state index contributed by atoms with van der Waals surface area (Å²) >= 11 is 13.2. The van der Waals surface area contributed by atoms with E-state index < -0.39 is 66.6 Å². The Morgan fingerprint density at radius 2 is 1.76 bits per heavy atom. The highest BCUT2D eigenvalue weighted by atomic mass is 35.5. The van der Waals surface area contributed by atoms with E-state index in [9.17, 15) is 27.6 Å². The molecule has 1 saturated heterocycles. The number of nitrogens with zero attached hydrogens (tertiary/aromatic N) is 4. The molecular formula is C35H27Cl2F4N5O3. The molecule has 2 aliphatic rings. The number of carbonyl (C=O) groups is 2. The van der Waals surface area contributed by atoms with Gasteiger partial charge in [0.25, 0.3) is 11.8 Å². The van der Waals surface area contributed by atoms with Gasteiger partial charge in [0.15, 0.2) is 6.23 Å². The van der Waals surface area contributed by atoms with Crippen LogP contribution in [-0.2, 0) is 9.59 Å². The fourth-order valence-electron chi connectivity index (χ4n) is 6.12. The van der Waals surface area contributed by atoms with Crippen LogP contribution in [0.4, 0.5) is 29.1 Å². The average molecular weight is 713 g/mol. The number of benzene rings is 3. The second-order valence-corrected chi connectivity index (χ2v) is 12.5. The molecule has 2 heterocycles. The number of alkyl halides is 2. The average Bonchev–Trinajstić information content (AvgIpc) is 3.45. The van der Waals surface area contributed by atoms with Crippen LogP contribution in [0, 0.1) is 23.0 Å². The van der Waals surface area contributed by atoms with Crippen molar-refractivity contribution in [3.05, 3.63) is 118 Å². The van der Waals surface area contributed by atoms with E-state index >= 15 is 4.79 Å². The second-order valence-electron chi connectivity index (χ2n) is 11.7. The molecule has 0 spiro atoms. The predicted molar refractivity (Wildman–Crippen MR) is 174 cm³/mol. The van der Waals surface area contributed by atoms with Crippen LogP contribution in [0.2, 0.25) is 10.0 Å². The first-order valence-electron chi connectivity index (χ1n) is 15.2. The van der Waals surface area contributed by atoms with Crippen molar-refractivity contribution in [3.63, 3.8) is 0 Å². The number of hydrogen-bond donors (Lipinski definition) is 1. The largest absolute Gasteiger partial charge is 0.473 e. The van der Waals surface area contributed by atoms with Gasteiger partial charge in [-0.25, -0.2) is 22.5 Å². The lowest BCUT2D eigenvalue weighted by atomic mass is 9.87. The standard InChI is InChI=1S/C35H27Cl2F4N5O3/c36-27-8-4-7-26(31(27)37)32(33(44-23-17-35(40,41)18-23)49-25-5-2-1-3-6-25)45(24-15-21(38)14-22(39)16-24)34(48)28-9-10-30(47)46(28)29-13-20(19-42)11-12-43-29/h1-8,11-16,23,28,32-33,44H,9-10,17-18H2/t28-,32?,33?/m0/s1. The smallest absolute Gasteiger partial charge is 0.251 e. The number of nitrogens with one attached hydrogen (secondary N) is 1. The predicted octanol–water partition coefficient (Wildman–Crippen LogP) is 7.60. The van der Waals surface area contributed by atoms with Gasteiger partial charge < -0.3 is 4.74 Å². The maximum absolute atomic E-state index is 15.0. The monoisotopic (exact) mass is 711 g/mol. The zero-order valence-electron chi connectivity index (χ0n) is 25.5. The minimum absolute atomic E-state index is 0.0209. The van der Waals surface area contributed by atoms with Gasteiger partial charge in [-0.3, -0.25) is 24.7 Å². The van der Waals surface area contributed by atoms with Crippen molar-refractivity contribution in [1.29, 1.82) is 5.26 Å². The molecule has 1 aliphatic heterocycles. The fourth-order valence-corrected chi connectivity index (χ4v) is 6.54. The van der Waals surface area contributed by atoms with Crippen molar-refractivity contribution >= 4 is 46.5 Å². The molecule has 2 unspecified atom stereocenters. The third kappa shape index (κ3) is 7.34. The van der Waals surface area contributed by atoms with Crippen molar-refractivity contribution < 1.29 is 31.9 Å². The van der Waals surface area contributed by atoms with Crippen LogP contribution >= 0.6 is 23.2 Å². The summed E-state index contributed by atoms with van der Waals surface area (Å²) in [6.07, 6.45) is -1.22. The van der Waals surface area contributed by atoms with E-state index in [1.54, 1.807) is 36.4 Å². The Kier molecular flexibility index (Phi) is 9.79. The van der Waals surface area contributed by atoms with Crippen LogP contribution in [0.1, 0.15) is 42.9 Å². The van der Waals surface area contributed by atoms with E-state index in [2.05, 4.69) is 10.3 Å². The molecule has 3 atom stereocenters. The molecule has 6 rings (SSSR count). The third-order valence-electron chi connectivity index (χ3n) is 8.34. The molecule has 252 valence electrons. The molecule has 14 heteroatoms. The molecular weight excluding hydrogens is 685 g/mol. The molecule has 1 N–H and O–H groups in total. The van der Waals surface area contributed by atoms with Gasteiger partial charge in [0.05, 0.1) is 27.4 Å². The van der Waals surface area contributed by atoms with Crippen molar-refractivity contribution in [2.75, 3.05) is 9.80 Å². The molecule has 0 radical (unpaired) electrons. The van der Waals surface area contributed by atoms with E-state index in [1.807, 2.05) is 6.07 Å². The molecule has 3 aromatic carbocycles. The van der Waals surface area contributed by atoms with Gasteiger partial charge in [0, 0.05) is 43.1 Å². The fraction of sp³-hybridized carbons (Fsp3) is 0.257. The van der Waals surface area contributed by atoms with E-state index in [4.69, 9.17) is 27.9 Å². The summed E-state index contributed by atoms with van der Waals surface area (Å²) in [5.41, 5.74) is 0.0671. The first kappa shape index (κ1) is 34.2. The van der Waals surface area contributed by atoms with Crippen LogP contribution < -0.4 is 19.9 Å². The summed E-state index contributed by atoms with van der Waals surface area (Å²) in [7, 11) is 0. The van der Waals surface area contributed by atoms with Crippen molar-refractivity contribution in [3.8, 4) is 11.8 Å². The summed E-state index contributed by atoms with van der Waals surface area (Å²) in [5.74, 6) is -5.96. The first-order chi connectivity index (χ1) is 23.4. The lowest BCUT2D eigenvalue weighted by Gasteiger charge is -2.44. The molecule has 2 fully saturated rings. The molecule has 1 aliphatic carbocycles. The summed E-state index contributed by atoms with van der Waals surface area (Å²) in [6, 6.07) is 16.7. The Hall–Kier alpha value is -4.70. The van der Waals surface area contributed by atoms with Crippen LogP contribution in [0.25, 0.3) is 0 Å². The first-order valence-corrected chi connectivity index (χ1v) is 16.0. The quantitative estimate of drug-likeness (QED) is 0.134. The number of aromatic nitrogens is 1. The van der Waals surface area contributed by atoms with Crippen molar-refractivity contribution in [2.24, 2.45) is 0 Å². The Morgan fingerprint density at radius 1 is 1.04 bits per heavy atom. The van der Waals surface area contributed by atoms with Gasteiger partial charge in [-0.05, 0) is 48.9 Å². The van der Waals surface area contributed by atoms with Crippen LogP contribution in [-0.4, -0.2) is 41.0 Å². The van der Waals surface area contributed by atoms with E-state index in [0.29, 0.717) is 6.07 Å². The molecule has 0 bridgehead atoms. The van der Waals surface area contributed by atoms with Crippen LogP contribution in [0.3, 0.4) is 0 Å². The second kappa shape index (κ2) is 14.0. The molecule has 2 amide bonds. The molecule has 1 aromatic heterocycles. The highest BCUT2D eigenvalue weighted by Gasteiger charge is 2.49. The highest BCUT2D eigenvalue weighted by Crippen LogP contribution is 2.43. The summed E-state index contributed by atoms with van der Waals surface area (Å²) in [6.45, 7) is 0. The van der Waals surface area contributed by atoms with E-state index in [0.717, 1.165) is 21.9 Å². The molecule has 49 heavy (non-hydrogen) atoms. The number of para-hydroxylation sites is 1. The number of ether oxygens (including phenoxy) is 1. The Bertz CT molecular complexity index is 1900. The van der Waals surface area contributed by atoms with Crippen molar-refractivity contribution in [2.45, 2.75) is 56.0 Å². The van der Waals surface area contributed by atoms with Crippen LogP contribution in [0.15, 0.2) is 85.1 Å². The minimum atomic E-state index is -2.94. The Labute approximate surface area is 288 Å². The van der Waals surface area contributed by atoms with Gasteiger partial charge in [0.1, 0.15) is 35.3 Å². The van der Waals surface area contributed by atoms with Gasteiger partial charge in [-0.15, -0.1) is 0 Å². The van der Waals surface area contributed by atoms with Gasteiger partial charge in [0.2, 0.25) is 5.91 Å². The SMILES string of the molecule is N#Cc1ccnc(N2C(=O)CC[C@H]2C(=O)N(c2cc(F)cc(F)c2)C(c2cccc(Cl)c2Cl)C(NC2CC(F)(F)C2)Oc2ccccc2)c1. The normalized spacial score (nSPS) is 18.3. The van der Waals surface area contributed by atoms with Crippen LogP contribution in [0.5, 0.6) is 5.75 Å². The van der Waals surface area contributed by atoms with E-state index in [-0.39, 0.29) is 51.3 Å². The number of nitriles is 1. The molecule has 4 aromatic rings. The van der Waals surface area contributed by atoms with Gasteiger partial charge in [-0.1, -0.05) is 53.5 Å². The Morgan fingerprint density at radius 3 is 2.43 bits per heavy atom. The number of halogens is 6. The van der Waals surface area contributed by atoms with Gasteiger partial charge in [-0.2, -0.15) is 5.26 Å². The minimum Gasteiger partial charge on any atom is -0.473 e. The summed E-state index contributed by atoms with van der Waals surface area (Å²) in [4.78, 5) is 34.7. The van der Waals surface area contributed by atoms with Gasteiger partial charge >= 0.3 is 0 Å². The Balaban J connectivity index is 1.55. The summed E-state index contributed by atoms with van der Waals surface area (Å²) in [5, 5.41) is 12.6. The molecule has 1 saturated carbocycles. The number of carbonyl (C=O) groups excluding carboxylic acids is 2. The number of anilines is 2. The zero-order chi connectivity index (χ0) is 34.9. The number of rotatable bonds is 10. The number of pyridine rings is 1. The topological polar surface area (TPSA) is 98.6 Å². The lowest BCUT2D eigenvalue weighted by molar-refractivity contribution is -0.123. The lowest BCUT2D eigenvalue weighted by Crippen LogP contribution is -2.59. The summed E-state index contributed by atoms with van der Waals surface area (Å²) < 4.78 is 64.5. The zero-order valence-corrected chi connectivity index (χ0v) is 27.0. The number of hydrogen-bond acceptors (Lipinski definition) is 6. The molecule has 8 nitrogen and oxygen atoms in total.